The van der Waals surface area contributed by atoms with Crippen LogP contribution in [0, 0.1) is 0 Å². The molecule has 6 N–H and O–H groups in total. The zero-order valence-electron chi connectivity index (χ0n) is 20.6. The molecule has 0 atom stereocenters. The van der Waals surface area contributed by atoms with Gasteiger partial charge in [0.05, 0.1) is 39.7 Å². The average Bonchev–Trinajstić information content (AvgIpc) is 2.86. The average molecular weight is 530 g/mol. The lowest BCUT2D eigenvalue weighted by Crippen LogP contribution is -2.09. The molecular weight excluding hydrogens is 502 g/mol. The summed E-state index contributed by atoms with van der Waals surface area (Å²) in [6.45, 7) is 0. The summed E-state index contributed by atoms with van der Waals surface area (Å²) in [6, 6.07) is 10.4. The van der Waals surface area contributed by atoms with Gasteiger partial charge in [-0.05, 0) is 36.4 Å². The number of anilines is 3. The maximum absolute atomic E-state index is 12.7. The van der Waals surface area contributed by atoms with Gasteiger partial charge in [0.25, 0.3) is 10.1 Å². The summed E-state index contributed by atoms with van der Waals surface area (Å²) in [4.78, 5) is 12.2. The van der Waals surface area contributed by atoms with Gasteiger partial charge in [0, 0.05) is 40.7 Å². The number of nitrogens with one attached hydrogen (secondary N) is 1. The van der Waals surface area contributed by atoms with Gasteiger partial charge in [-0.15, -0.1) is 0 Å². The first-order chi connectivity index (χ1) is 17.5. The molecular formula is C25H27N3O8S. The van der Waals surface area contributed by atoms with Crippen LogP contribution >= 0.6 is 0 Å². The Morgan fingerprint density at radius 1 is 0.892 bits per heavy atom. The van der Waals surface area contributed by atoms with Crippen molar-refractivity contribution in [3.63, 3.8) is 0 Å². The molecule has 0 saturated heterocycles. The first-order valence-corrected chi connectivity index (χ1v) is 12.1. The maximum atomic E-state index is 12.7. The number of ether oxygens (including phenoxy) is 4. The van der Waals surface area contributed by atoms with Gasteiger partial charge in [-0.3, -0.25) is 9.35 Å². The van der Waals surface area contributed by atoms with Crippen molar-refractivity contribution in [3.8, 4) is 34.1 Å². The SMILES string of the molecule is COc1cc(OC)c(/C=C/C(=O)Nc2ccc(OC)c(-c3c(N)ccc(S(=O)(=O)O)c3N)c2)c(OC)c1. The van der Waals surface area contributed by atoms with E-state index in [1.165, 1.54) is 52.7 Å². The second kappa shape index (κ2) is 11.1. The van der Waals surface area contributed by atoms with Crippen LogP contribution < -0.4 is 35.7 Å². The number of hydrogen-bond donors (Lipinski definition) is 4. The number of amides is 1. The zero-order chi connectivity index (χ0) is 27.3. The first kappa shape index (κ1) is 27.2. The van der Waals surface area contributed by atoms with Gasteiger partial charge in [0.15, 0.2) is 0 Å². The summed E-state index contributed by atoms with van der Waals surface area (Å²) in [5.74, 6) is 1.24. The van der Waals surface area contributed by atoms with Gasteiger partial charge in [-0.1, -0.05) is 0 Å². The second-order valence-corrected chi connectivity index (χ2v) is 8.99. The molecule has 0 unspecified atom stereocenters. The smallest absolute Gasteiger partial charge is 0.296 e. The van der Waals surface area contributed by atoms with E-state index in [4.69, 9.17) is 30.4 Å². The molecule has 0 radical (unpaired) electrons. The number of benzene rings is 3. The molecule has 3 aromatic carbocycles. The largest absolute Gasteiger partial charge is 0.496 e. The number of methoxy groups -OCH3 is 4. The summed E-state index contributed by atoms with van der Waals surface area (Å²) in [5, 5.41) is 2.72. The molecule has 12 heteroatoms. The Bertz CT molecular complexity index is 1440. The minimum atomic E-state index is -4.61. The molecule has 1 amide bonds. The van der Waals surface area contributed by atoms with Crippen LogP contribution in [-0.4, -0.2) is 47.3 Å². The highest BCUT2D eigenvalue weighted by atomic mass is 32.2. The van der Waals surface area contributed by atoms with Gasteiger partial charge in [0.1, 0.15) is 27.9 Å². The third-order valence-electron chi connectivity index (χ3n) is 5.41. The highest BCUT2D eigenvalue weighted by molar-refractivity contribution is 7.86. The first-order valence-electron chi connectivity index (χ1n) is 10.7. The normalized spacial score (nSPS) is 11.3. The van der Waals surface area contributed by atoms with E-state index in [0.717, 1.165) is 6.07 Å². The van der Waals surface area contributed by atoms with Crippen molar-refractivity contribution in [3.05, 3.63) is 54.1 Å². The van der Waals surface area contributed by atoms with Gasteiger partial charge < -0.3 is 35.7 Å². The molecule has 0 aliphatic heterocycles. The quantitative estimate of drug-likeness (QED) is 0.183. The molecule has 0 aromatic heterocycles. The van der Waals surface area contributed by atoms with Crippen LogP contribution in [0.3, 0.4) is 0 Å². The Kier molecular flexibility index (Phi) is 8.15. The lowest BCUT2D eigenvalue weighted by atomic mass is 10.00. The van der Waals surface area contributed by atoms with Crippen molar-refractivity contribution in [1.82, 2.24) is 0 Å². The van der Waals surface area contributed by atoms with E-state index in [1.54, 1.807) is 24.3 Å². The topological polar surface area (TPSA) is 172 Å². The number of hydrogen-bond acceptors (Lipinski definition) is 9. The molecule has 37 heavy (non-hydrogen) atoms. The van der Waals surface area contributed by atoms with Crippen LogP contribution in [0.25, 0.3) is 17.2 Å². The molecule has 0 fully saturated rings. The predicted molar refractivity (Wildman–Crippen MR) is 141 cm³/mol. The molecule has 0 spiro atoms. The lowest BCUT2D eigenvalue weighted by molar-refractivity contribution is -0.111. The summed E-state index contributed by atoms with van der Waals surface area (Å²) in [5.41, 5.74) is 13.3. The molecule has 0 bridgehead atoms. The lowest BCUT2D eigenvalue weighted by Gasteiger charge is -2.16. The van der Waals surface area contributed by atoms with Crippen LogP contribution in [0.1, 0.15) is 5.56 Å². The van der Waals surface area contributed by atoms with E-state index in [2.05, 4.69) is 5.32 Å². The van der Waals surface area contributed by atoms with E-state index in [9.17, 15) is 17.8 Å². The Hall–Kier alpha value is -4.42. The summed E-state index contributed by atoms with van der Waals surface area (Å²) in [6.07, 6.45) is 2.82. The van der Waals surface area contributed by atoms with Crippen LogP contribution in [0.4, 0.5) is 17.1 Å². The van der Waals surface area contributed by atoms with Crippen LogP contribution in [0.5, 0.6) is 23.0 Å². The number of nitrogens with two attached hydrogens (primary N) is 2. The molecule has 196 valence electrons. The molecule has 3 rings (SSSR count). The third-order valence-corrected chi connectivity index (χ3v) is 6.32. The maximum Gasteiger partial charge on any atom is 0.296 e. The number of rotatable bonds is 9. The fraction of sp³-hybridized carbons (Fsp3) is 0.160. The van der Waals surface area contributed by atoms with Crippen molar-refractivity contribution in [1.29, 1.82) is 0 Å². The van der Waals surface area contributed by atoms with Gasteiger partial charge in [-0.2, -0.15) is 8.42 Å². The van der Waals surface area contributed by atoms with Crippen LogP contribution in [-0.2, 0) is 14.9 Å². The molecule has 0 aliphatic carbocycles. The Morgan fingerprint density at radius 2 is 1.51 bits per heavy atom. The monoisotopic (exact) mass is 529 g/mol. The molecule has 0 heterocycles. The number of carbonyl (C=O) groups excluding carboxylic acids is 1. The van der Waals surface area contributed by atoms with Crippen molar-refractivity contribution < 1.29 is 36.7 Å². The highest BCUT2D eigenvalue weighted by Crippen LogP contribution is 2.42. The standard InChI is InChI=1S/C25H27N3O8S/c1-33-15-12-20(35-3)16(21(13-15)36-4)6-10-23(29)28-14-5-8-19(34-2)17(11-14)24-18(26)7-9-22(25(24)27)37(30,31)32/h5-13H,26-27H2,1-4H3,(H,28,29)(H,30,31,32)/b10-6+. The molecule has 11 nitrogen and oxygen atoms in total. The van der Waals surface area contributed by atoms with Crippen molar-refractivity contribution in [2.24, 2.45) is 0 Å². The Morgan fingerprint density at radius 3 is 2.05 bits per heavy atom. The fourth-order valence-electron chi connectivity index (χ4n) is 3.66. The van der Waals surface area contributed by atoms with Crippen molar-refractivity contribution in [2.45, 2.75) is 4.90 Å². The van der Waals surface area contributed by atoms with E-state index < -0.39 is 20.9 Å². The Labute approximate surface area is 214 Å². The number of nitrogen functional groups attached to an aromatic ring is 2. The molecule has 0 saturated carbocycles. The summed E-state index contributed by atoms with van der Waals surface area (Å²) >= 11 is 0. The summed E-state index contributed by atoms with van der Waals surface area (Å²) in [7, 11) is 1.29. The minimum absolute atomic E-state index is 0.131. The van der Waals surface area contributed by atoms with Crippen molar-refractivity contribution in [2.75, 3.05) is 45.2 Å². The minimum Gasteiger partial charge on any atom is -0.496 e. The predicted octanol–water partition coefficient (Wildman–Crippen LogP) is 3.45. The van der Waals surface area contributed by atoms with Gasteiger partial charge in [-0.25, -0.2) is 0 Å². The van der Waals surface area contributed by atoms with Crippen molar-refractivity contribution >= 4 is 39.2 Å². The van der Waals surface area contributed by atoms with E-state index in [1.807, 2.05) is 0 Å². The summed E-state index contributed by atoms with van der Waals surface area (Å²) < 4.78 is 54.4. The fourth-order valence-corrected chi connectivity index (χ4v) is 4.28. The highest BCUT2D eigenvalue weighted by Gasteiger charge is 2.22. The third kappa shape index (κ3) is 5.88. The zero-order valence-corrected chi connectivity index (χ0v) is 21.4. The molecule has 3 aromatic rings. The Balaban J connectivity index is 1.98. The van der Waals surface area contributed by atoms with E-state index in [0.29, 0.717) is 39.8 Å². The van der Waals surface area contributed by atoms with E-state index >= 15 is 0 Å². The van der Waals surface area contributed by atoms with Gasteiger partial charge in [0.2, 0.25) is 5.91 Å². The van der Waals surface area contributed by atoms with Crippen LogP contribution in [0.15, 0.2) is 53.4 Å². The number of carbonyl (C=O) groups is 1. The van der Waals surface area contributed by atoms with Crippen LogP contribution in [0.2, 0.25) is 0 Å². The molecule has 0 aliphatic rings. The van der Waals surface area contributed by atoms with Gasteiger partial charge >= 0.3 is 0 Å². The van der Waals surface area contributed by atoms with E-state index in [-0.39, 0.29) is 16.9 Å². The second-order valence-electron chi connectivity index (χ2n) is 7.60.